The second kappa shape index (κ2) is 7.20. The topological polar surface area (TPSA) is 30.5 Å². The third-order valence-corrected chi connectivity index (χ3v) is 2.70. The fraction of sp³-hybridized carbons (Fsp3) is 1.00. The van der Waals surface area contributed by atoms with Gasteiger partial charge in [-0.1, -0.05) is 13.8 Å². The molecule has 1 N–H and O–H groups in total. The van der Waals surface area contributed by atoms with Crippen LogP contribution in [0.3, 0.4) is 0 Å². The van der Waals surface area contributed by atoms with Crippen LogP contribution in [0.4, 0.5) is 0 Å². The minimum absolute atomic E-state index is 0.376. The number of hydrogen-bond donors (Lipinski definition) is 1. The summed E-state index contributed by atoms with van der Waals surface area (Å²) in [6, 6.07) is 0.551. The third kappa shape index (κ3) is 5.50. The standard InChI is InChI=1S/C12H25NO2/c1-10(2)9-14-7-4-6-13-12-5-8-15-11(12)3/h10-13H,4-9H2,1-3H3. The maximum Gasteiger partial charge on any atom is 0.0700 e. The van der Waals surface area contributed by atoms with Gasteiger partial charge in [0.1, 0.15) is 0 Å². The second-order valence-electron chi connectivity index (χ2n) is 4.75. The highest BCUT2D eigenvalue weighted by molar-refractivity contribution is 4.78. The van der Waals surface area contributed by atoms with E-state index in [1.165, 1.54) is 0 Å². The van der Waals surface area contributed by atoms with Crippen LogP contribution in [0.25, 0.3) is 0 Å². The molecule has 1 rings (SSSR count). The van der Waals surface area contributed by atoms with E-state index in [0.717, 1.165) is 39.2 Å². The van der Waals surface area contributed by atoms with Crippen molar-refractivity contribution in [1.82, 2.24) is 5.32 Å². The van der Waals surface area contributed by atoms with Crippen LogP contribution >= 0.6 is 0 Å². The van der Waals surface area contributed by atoms with Crippen molar-refractivity contribution >= 4 is 0 Å². The van der Waals surface area contributed by atoms with Gasteiger partial charge >= 0.3 is 0 Å². The molecular formula is C12H25NO2. The van der Waals surface area contributed by atoms with Crippen molar-refractivity contribution in [3.8, 4) is 0 Å². The Hall–Kier alpha value is -0.120. The highest BCUT2D eigenvalue weighted by Gasteiger charge is 2.22. The van der Waals surface area contributed by atoms with Gasteiger partial charge in [-0.15, -0.1) is 0 Å². The molecule has 0 saturated carbocycles. The predicted molar refractivity (Wildman–Crippen MR) is 62.1 cm³/mol. The predicted octanol–water partition coefficient (Wildman–Crippen LogP) is 1.82. The van der Waals surface area contributed by atoms with Crippen molar-refractivity contribution in [1.29, 1.82) is 0 Å². The molecule has 0 amide bonds. The van der Waals surface area contributed by atoms with Gasteiger partial charge in [0, 0.05) is 25.9 Å². The van der Waals surface area contributed by atoms with E-state index in [1.807, 2.05) is 0 Å². The Morgan fingerprint density at radius 1 is 1.47 bits per heavy atom. The van der Waals surface area contributed by atoms with Gasteiger partial charge in [0.05, 0.1) is 6.10 Å². The van der Waals surface area contributed by atoms with Crippen LogP contribution in [-0.4, -0.2) is 38.5 Å². The number of nitrogens with one attached hydrogen (secondary N) is 1. The minimum Gasteiger partial charge on any atom is -0.381 e. The smallest absolute Gasteiger partial charge is 0.0700 e. The SMILES string of the molecule is CC(C)COCCCNC1CCOC1C. The van der Waals surface area contributed by atoms with Crippen LogP contribution in [0, 0.1) is 5.92 Å². The van der Waals surface area contributed by atoms with Gasteiger partial charge < -0.3 is 14.8 Å². The Kier molecular flexibility index (Phi) is 6.22. The molecule has 0 aromatic heterocycles. The first-order valence-corrected chi connectivity index (χ1v) is 6.13. The monoisotopic (exact) mass is 215 g/mol. The van der Waals surface area contributed by atoms with Gasteiger partial charge in [0.25, 0.3) is 0 Å². The van der Waals surface area contributed by atoms with Crippen molar-refractivity contribution in [3.63, 3.8) is 0 Å². The van der Waals surface area contributed by atoms with Gasteiger partial charge in [0.2, 0.25) is 0 Å². The summed E-state index contributed by atoms with van der Waals surface area (Å²) in [5.41, 5.74) is 0. The molecule has 1 aliphatic rings. The van der Waals surface area contributed by atoms with Gasteiger partial charge in [-0.2, -0.15) is 0 Å². The van der Waals surface area contributed by atoms with E-state index in [1.54, 1.807) is 0 Å². The molecule has 1 saturated heterocycles. The van der Waals surface area contributed by atoms with Crippen LogP contribution in [0.15, 0.2) is 0 Å². The quantitative estimate of drug-likeness (QED) is 0.657. The van der Waals surface area contributed by atoms with Crippen LogP contribution < -0.4 is 5.32 Å². The summed E-state index contributed by atoms with van der Waals surface area (Å²) >= 11 is 0. The average molecular weight is 215 g/mol. The summed E-state index contributed by atoms with van der Waals surface area (Å²) in [7, 11) is 0. The summed E-state index contributed by atoms with van der Waals surface area (Å²) in [5.74, 6) is 0.640. The molecule has 1 heterocycles. The Bertz CT molecular complexity index is 162. The fourth-order valence-electron chi connectivity index (χ4n) is 1.78. The molecule has 3 nitrogen and oxygen atoms in total. The van der Waals surface area contributed by atoms with Crippen molar-refractivity contribution < 1.29 is 9.47 Å². The average Bonchev–Trinajstić information content (AvgIpc) is 2.57. The third-order valence-electron chi connectivity index (χ3n) is 2.70. The van der Waals surface area contributed by atoms with E-state index in [0.29, 0.717) is 18.1 Å². The number of rotatable bonds is 7. The molecular weight excluding hydrogens is 190 g/mol. The highest BCUT2D eigenvalue weighted by atomic mass is 16.5. The zero-order valence-electron chi connectivity index (χ0n) is 10.3. The summed E-state index contributed by atoms with van der Waals surface area (Å²) in [6.45, 7) is 10.2. The summed E-state index contributed by atoms with van der Waals surface area (Å²) < 4.78 is 11.0. The second-order valence-corrected chi connectivity index (χ2v) is 4.75. The first kappa shape index (κ1) is 12.9. The van der Waals surface area contributed by atoms with Crippen LogP contribution in [0.1, 0.15) is 33.6 Å². The van der Waals surface area contributed by atoms with E-state index in [2.05, 4.69) is 26.1 Å². The Labute approximate surface area is 93.5 Å². The molecule has 2 unspecified atom stereocenters. The summed E-state index contributed by atoms with van der Waals surface area (Å²) in [5, 5.41) is 3.51. The van der Waals surface area contributed by atoms with Crippen LogP contribution in [0.5, 0.6) is 0 Å². The normalized spacial score (nSPS) is 26.4. The van der Waals surface area contributed by atoms with Crippen LogP contribution in [-0.2, 0) is 9.47 Å². The van der Waals surface area contributed by atoms with E-state index >= 15 is 0 Å². The molecule has 2 atom stereocenters. The molecule has 0 spiro atoms. The molecule has 0 bridgehead atoms. The number of hydrogen-bond acceptors (Lipinski definition) is 3. The van der Waals surface area contributed by atoms with E-state index < -0.39 is 0 Å². The maximum atomic E-state index is 5.52. The molecule has 0 aliphatic carbocycles. The fourth-order valence-corrected chi connectivity index (χ4v) is 1.78. The Balaban J connectivity index is 1.88. The van der Waals surface area contributed by atoms with Crippen molar-refractivity contribution in [2.45, 2.75) is 45.8 Å². The summed E-state index contributed by atoms with van der Waals surface area (Å²) in [4.78, 5) is 0. The summed E-state index contributed by atoms with van der Waals surface area (Å²) in [6.07, 6.45) is 2.62. The Morgan fingerprint density at radius 3 is 2.87 bits per heavy atom. The van der Waals surface area contributed by atoms with E-state index in [4.69, 9.17) is 9.47 Å². The number of ether oxygens (including phenoxy) is 2. The molecule has 1 fully saturated rings. The molecule has 3 heteroatoms. The molecule has 0 radical (unpaired) electrons. The Morgan fingerprint density at radius 2 is 2.27 bits per heavy atom. The first-order chi connectivity index (χ1) is 7.20. The van der Waals surface area contributed by atoms with Gasteiger partial charge in [0.15, 0.2) is 0 Å². The van der Waals surface area contributed by atoms with Gasteiger partial charge in [-0.05, 0) is 32.2 Å². The largest absolute Gasteiger partial charge is 0.381 e. The van der Waals surface area contributed by atoms with Crippen LogP contribution in [0.2, 0.25) is 0 Å². The molecule has 15 heavy (non-hydrogen) atoms. The van der Waals surface area contributed by atoms with Gasteiger partial charge in [-0.3, -0.25) is 0 Å². The van der Waals surface area contributed by atoms with E-state index in [9.17, 15) is 0 Å². The lowest BCUT2D eigenvalue weighted by Crippen LogP contribution is -2.35. The minimum atomic E-state index is 0.376. The zero-order valence-corrected chi connectivity index (χ0v) is 10.3. The maximum absolute atomic E-state index is 5.52. The lowest BCUT2D eigenvalue weighted by atomic mass is 10.1. The lowest BCUT2D eigenvalue weighted by Gasteiger charge is -2.15. The molecule has 0 aromatic rings. The van der Waals surface area contributed by atoms with Crippen molar-refractivity contribution in [3.05, 3.63) is 0 Å². The molecule has 0 aromatic carbocycles. The zero-order chi connectivity index (χ0) is 11.1. The van der Waals surface area contributed by atoms with Crippen molar-refractivity contribution in [2.24, 2.45) is 5.92 Å². The lowest BCUT2D eigenvalue weighted by molar-refractivity contribution is 0.102. The van der Waals surface area contributed by atoms with Crippen molar-refractivity contribution in [2.75, 3.05) is 26.4 Å². The van der Waals surface area contributed by atoms with E-state index in [-0.39, 0.29) is 0 Å². The first-order valence-electron chi connectivity index (χ1n) is 6.13. The van der Waals surface area contributed by atoms with Gasteiger partial charge in [-0.25, -0.2) is 0 Å². The molecule has 90 valence electrons. The molecule has 1 aliphatic heterocycles. The highest BCUT2D eigenvalue weighted by Crippen LogP contribution is 2.12.